The standard InChI is InChI=1S/C11H13F9N2O4S/c1-6(21)5-7(23)26-4-3-22(2)27(24,25)11(19,20)9(14,15)8(12,13)10(16,17)18/h5H,3-4,21H2,1-2H3/b6-5-. The maximum Gasteiger partial charge on any atom is 0.460 e. The van der Waals surface area contributed by atoms with Gasteiger partial charge >= 0.3 is 29.2 Å². The van der Waals surface area contributed by atoms with Gasteiger partial charge in [0.15, 0.2) is 0 Å². The Labute approximate surface area is 146 Å². The number of hydrogen-bond donors (Lipinski definition) is 1. The van der Waals surface area contributed by atoms with Crippen LogP contribution in [0, 0.1) is 0 Å². The molecule has 0 rings (SSSR count). The number of hydrogen-bond acceptors (Lipinski definition) is 5. The minimum atomic E-state index is -7.35. The molecule has 0 bridgehead atoms. The Morgan fingerprint density at radius 2 is 1.48 bits per heavy atom. The summed E-state index contributed by atoms with van der Waals surface area (Å²) in [5.74, 6) is -15.9. The van der Waals surface area contributed by atoms with Gasteiger partial charge in [-0.25, -0.2) is 13.2 Å². The number of alkyl halides is 9. The molecule has 0 heterocycles. The molecule has 0 aliphatic carbocycles. The van der Waals surface area contributed by atoms with Gasteiger partial charge in [0, 0.05) is 25.4 Å². The summed E-state index contributed by atoms with van der Waals surface area (Å²) in [6.07, 6.45) is -6.48. The van der Waals surface area contributed by atoms with Crippen molar-refractivity contribution in [1.29, 1.82) is 0 Å². The first-order valence-electron chi connectivity index (χ1n) is 6.50. The summed E-state index contributed by atoms with van der Waals surface area (Å²) in [5.41, 5.74) is 5.02. The molecule has 0 aromatic heterocycles. The molecule has 0 aliphatic rings. The van der Waals surface area contributed by atoms with Crippen LogP contribution in [0.4, 0.5) is 39.5 Å². The summed E-state index contributed by atoms with van der Waals surface area (Å²) in [7, 11) is -6.54. The fraction of sp³-hybridized carbons (Fsp3) is 0.727. The molecule has 0 fully saturated rings. The lowest BCUT2D eigenvalue weighted by atomic mass is 10.1. The number of halogens is 9. The number of rotatable bonds is 8. The molecule has 0 amide bonds. The van der Waals surface area contributed by atoms with Crippen LogP contribution < -0.4 is 5.73 Å². The normalized spacial score (nSPS) is 15.2. The molecule has 2 N–H and O–H groups in total. The maximum absolute atomic E-state index is 13.5. The average molecular weight is 440 g/mol. The zero-order valence-electron chi connectivity index (χ0n) is 13.5. The quantitative estimate of drug-likeness (QED) is 0.355. The van der Waals surface area contributed by atoms with Crippen LogP contribution in [0.15, 0.2) is 11.8 Å². The van der Waals surface area contributed by atoms with Crippen molar-refractivity contribution in [2.75, 3.05) is 20.2 Å². The minimum Gasteiger partial charge on any atom is -0.461 e. The van der Waals surface area contributed by atoms with Crippen LogP contribution in [-0.2, 0) is 19.6 Å². The van der Waals surface area contributed by atoms with Crippen molar-refractivity contribution in [3.8, 4) is 0 Å². The molecular formula is C11H13F9N2O4S. The molecule has 0 aliphatic heterocycles. The van der Waals surface area contributed by atoms with E-state index in [1.165, 1.54) is 6.92 Å². The first-order valence-corrected chi connectivity index (χ1v) is 7.94. The van der Waals surface area contributed by atoms with Crippen molar-refractivity contribution in [3.05, 3.63) is 11.8 Å². The maximum atomic E-state index is 13.5. The summed E-state index contributed by atoms with van der Waals surface area (Å²) in [4.78, 5) is 11.0. The van der Waals surface area contributed by atoms with E-state index in [2.05, 4.69) is 4.74 Å². The van der Waals surface area contributed by atoms with Crippen LogP contribution >= 0.6 is 0 Å². The monoisotopic (exact) mass is 440 g/mol. The first kappa shape index (κ1) is 25.3. The van der Waals surface area contributed by atoms with Crippen LogP contribution in [0.1, 0.15) is 6.92 Å². The molecule has 27 heavy (non-hydrogen) atoms. The van der Waals surface area contributed by atoms with E-state index >= 15 is 0 Å². The Hall–Kier alpha value is -1.71. The second kappa shape index (κ2) is 7.73. The second-order valence-electron chi connectivity index (χ2n) is 5.05. The van der Waals surface area contributed by atoms with Gasteiger partial charge in [0.1, 0.15) is 6.61 Å². The summed E-state index contributed by atoms with van der Waals surface area (Å²) in [5, 5.41) is -6.84. The first-order chi connectivity index (χ1) is 11.7. The number of ether oxygens (including phenoxy) is 1. The van der Waals surface area contributed by atoms with Crippen molar-refractivity contribution in [3.63, 3.8) is 0 Å². The average Bonchev–Trinajstić information content (AvgIpc) is 2.44. The van der Waals surface area contributed by atoms with E-state index in [0.29, 0.717) is 6.08 Å². The largest absolute Gasteiger partial charge is 0.461 e. The van der Waals surface area contributed by atoms with E-state index in [0.717, 1.165) is 0 Å². The Morgan fingerprint density at radius 3 is 1.85 bits per heavy atom. The molecule has 160 valence electrons. The van der Waals surface area contributed by atoms with Gasteiger partial charge in [-0.1, -0.05) is 0 Å². The van der Waals surface area contributed by atoms with Crippen LogP contribution in [0.3, 0.4) is 0 Å². The van der Waals surface area contributed by atoms with Gasteiger partial charge in [0.2, 0.25) is 0 Å². The van der Waals surface area contributed by atoms with E-state index < -0.39 is 56.7 Å². The Morgan fingerprint density at radius 1 is 1.04 bits per heavy atom. The molecule has 0 unspecified atom stereocenters. The fourth-order valence-corrected chi connectivity index (χ4v) is 2.50. The summed E-state index contributed by atoms with van der Waals surface area (Å²) >= 11 is 0. The molecule has 6 nitrogen and oxygen atoms in total. The van der Waals surface area contributed by atoms with E-state index in [4.69, 9.17) is 5.73 Å². The van der Waals surface area contributed by atoms with Crippen LogP contribution in [0.25, 0.3) is 0 Å². The number of esters is 1. The van der Waals surface area contributed by atoms with Gasteiger partial charge in [0.05, 0.1) is 0 Å². The molecule has 0 radical (unpaired) electrons. The Balaban J connectivity index is 5.54. The molecular weight excluding hydrogens is 427 g/mol. The lowest BCUT2D eigenvalue weighted by Gasteiger charge is -2.34. The fourth-order valence-electron chi connectivity index (χ4n) is 1.34. The van der Waals surface area contributed by atoms with Crippen LogP contribution in [-0.4, -0.2) is 62.2 Å². The van der Waals surface area contributed by atoms with Crippen LogP contribution in [0.5, 0.6) is 0 Å². The van der Waals surface area contributed by atoms with Gasteiger partial charge in [-0.05, 0) is 6.92 Å². The summed E-state index contributed by atoms with van der Waals surface area (Å²) < 4.78 is 141. The zero-order valence-corrected chi connectivity index (χ0v) is 14.3. The highest BCUT2D eigenvalue weighted by Crippen LogP contribution is 2.55. The number of sulfonamides is 1. The van der Waals surface area contributed by atoms with E-state index in [1.807, 2.05) is 0 Å². The van der Waals surface area contributed by atoms with E-state index in [9.17, 15) is 52.7 Å². The molecule has 0 aromatic rings. The lowest BCUT2D eigenvalue weighted by molar-refractivity contribution is -0.382. The number of carbonyl (C=O) groups is 1. The SMILES string of the molecule is C/C(N)=C/C(=O)OCCN(C)S(=O)(=O)C(F)(F)C(F)(F)C(F)(F)C(F)(F)F. The van der Waals surface area contributed by atoms with Crippen molar-refractivity contribution in [2.24, 2.45) is 5.73 Å². The molecule has 0 atom stereocenters. The van der Waals surface area contributed by atoms with E-state index in [-0.39, 0.29) is 12.7 Å². The smallest absolute Gasteiger partial charge is 0.460 e. The number of likely N-dealkylation sites (N-methyl/N-ethyl adjacent to an activating group) is 1. The highest BCUT2D eigenvalue weighted by atomic mass is 32.2. The van der Waals surface area contributed by atoms with Crippen molar-refractivity contribution in [2.45, 2.75) is 30.2 Å². The lowest BCUT2D eigenvalue weighted by Crippen LogP contribution is -2.65. The van der Waals surface area contributed by atoms with Gasteiger partial charge in [-0.2, -0.15) is 43.8 Å². The second-order valence-corrected chi connectivity index (χ2v) is 7.13. The molecule has 0 saturated heterocycles. The molecule has 16 heteroatoms. The third kappa shape index (κ3) is 4.77. The summed E-state index contributed by atoms with van der Waals surface area (Å²) in [6.45, 7) is -1.04. The van der Waals surface area contributed by atoms with E-state index in [1.54, 1.807) is 0 Å². The third-order valence-electron chi connectivity index (χ3n) is 2.85. The van der Waals surface area contributed by atoms with Gasteiger partial charge in [-0.3, -0.25) is 0 Å². The predicted octanol–water partition coefficient (Wildman–Crippen LogP) is 2.08. The third-order valence-corrected chi connectivity index (χ3v) is 4.75. The Kier molecular flexibility index (Phi) is 7.24. The van der Waals surface area contributed by atoms with Crippen molar-refractivity contribution in [1.82, 2.24) is 4.31 Å². The predicted molar refractivity (Wildman–Crippen MR) is 71.3 cm³/mol. The highest BCUT2D eigenvalue weighted by molar-refractivity contribution is 7.90. The minimum absolute atomic E-state index is 0.0680. The van der Waals surface area contributed by atoms with Gasteiger partial charge in [-0.15, -0.1) is 0 Å². The molecule has 0 spiro atoms. The molecule has 0 saturated carbocycles. The number of nitrogens with zero attached hydrogens (tertiary/aromatic N) is 1. The van der Waals surface area contributed by atoms with Gasteiger partial charge in [0.25, 0.3) is 10.0 Å². The Bertz CT molecular complexity index is 684. The number of carbonyl (C=O) groups excluding carboxylic acids is 1. The van der Waals surface area contributed by atoms with Gasteiger partial charge < -0.3 is 10.5 Å². The van der Waals surface area contributed by atoms with Crippen molar-refractivity contribution >= 4 is 16.0 Å². The molecule has 0 aromatic carbocycles. The van der Waals surface area contributed by atoms with Crippen LogP contribution in [0.2, 0.25) is 0 Å². The highest BCUT2D eigenvalue weighted by Gasteiger charge is 2.85. The number of nitrogens with two attached hydrogens (primary N) is 1. The summed E-state index contributed by atoms with van der Waals surface area (Å²) in [6, 6.07) is 0. The zero-order chi connectivity index (χ0) is 22.1. The number of allylic oxidation sites excluding steroid dienone is 1. The van der Waals surface area contributed by atoms with Crippen molar-refractivity contribution < 1.29 is 57.5 Å². The topological polar surface area (TPSA) is 89.7 Å².